The summed E-state index contributed by atoms with van der Waals surface area (Å²) in [6, 6.07) is 5.79. The van der Waals surface area contributed by atoms with E-state index in [1.54, 1.807) is 19.1 Å². The van der Waals surface area contributed by atoms with Crippen molar-refractivity contribution in [2.45, 2.75) is 38.3 Å². The van der Waals surface area contributed by atoms with Gasteiger partial charge < -0.3 is 20.2 Å². The van der Waals surface area contributed by atoms with E-state index in [0.717, 1.165) is 18.5 Å². The van der Waals surface area contributed by atoms with Crippen molar-refractivity contribution >= 4 is 5.69 Å². The van der Waals surface area contributed by atoms with Crippen LogP contribution >= 0.6 is 0 Å². The molecule has 0 bridgehead atoms. The van der Waals surface area contributed by atoms with Crippen molar-refractivity contribution in [2.75, 3.05) is 18.1 Å². The number of aromatic hydroxyl groups is 1. The molecule has 1 aliphatic carbocycles. The van der Waals surface area contributed by atoms with E-state index < -0.39 is 6.10 Å². The highest BCUT2D eigenvalue weighted by Gasteiger charge is 2.25. The van der Waals surface area contributed by atoms with Crippen LogP contribution in [0.4, 0.5) is 5.69 Å². The minimum Gasteiger partial charge on any atom is -0.507 e. The number of aliphatic hydroxyl groups is 2. The zero-order chi connectivity index (χ0) is 13.1. The number of benzene rings is 1. The maximum Gasteiger partial charge on any atom is 0.123 e. The largest absolute Gasteiger partial charge is 0.507 e. The van der Waals surface area contributed by atoms with Gasteiger partial charge in [-0.2, -0.15) is 0 Å². The van der Waals surface area contributed by atoms with E-state index in [1.807, 2.05) is 6.07 Å². The van der Waals surface area contributed by atoms with Crippen LogP contribution in [-0.4, -0.2) is 34.5 Å². The summed E-state index contributed by atoms with van der Waals surface area (Å²) in [5.41, 5.74) is 1.45. The van der Waals surface area contributed by atoms with Gasteiger partial charge in [0.2, 0.25) is 0 Å². The Labute approximate surface area is 107 Å². The fourth-order valence-electron chi connectivity index (χ4n) is 2.39. The Bertz CT molecular complexity index is 402. The molecule has 1 aliphatic rings. The quantitative estimate of drug-likeness (QED) is 0.746. The Balaban J connectivity index is 2.22. The third-order valence-electron chi connectivity index (χ3n) is 3.65. The van der Waals surface area contributed by atoms with Gasteiger partial charge in [0.1, 0.15) is 5.75 Å². The van der Waals surface area contributed by atoms with Crippen LogP contribution in [0.3, 0.4) is 0 Å². The van der Waals surface area contributed by atoms with Crippen molar-refractivity contribution in [2.24, 2.45) is 0 Å². The molecule has 1 aromatic carbocycles. The van der Waals surface area contributed by atoms with Crippen LogP contribution in [0.25, 0.3) is 0 Å². The van der Waals surface area contributed by atoms with E-state index >= 15 is 0 Å². The number of hydrogen-bond acceptors (Lipinski definition) is 4. The van der Waals surface area contributed by atoms with Gasteiger partial charge in [0, 0.05) is 29.9 Å². The number of aliphatic hydroxyl groups excluding tert-OH is 2. The molecule has 0 radical (unpaired) electrons. The molecule has 4 nitrogen and oxygen atoms in total. The summed E-state index contributed by atoms with van der Waals surface area (Å²) in [5.74, 6) is 0.116. The molecule has 0 amide bonds. The smallest absolute Gasteiger partial charge is 0.123 e. The number of rotatable bonds is 5. The highest BCUT2D eigenvalue weighted by molar-refractivity contribution is 5.54. The highest BCUT2D eigenvalue weighted by atomic mass is 16.3. The van der Waals surface area contributed by atoms with Crippen molar-refractivity contribution < 1.29 is 15.3 Å². The first kappa shape index (κ1) is 13.2. The summed E-state index contributed by atoms with van der Waals surface area (Å²) in [7, 11) is 0. The van der Waals surface area contributed by atoms with Gasteiger partial charge >= 0.3 is 0 Å². The lowest BCUT2D eigenvalue weighted by Gasteiger charge is -2.39. The molecule has 0 spiro atoms. The number of hydrogen-bond donors (Lipinski definition) is 3. The topological polar surface area (TPSA) is 63.9 Å². The molecule has 1 fully saturated rings. The van der Waals surface area contributed by atoms with E-state index in [9.17, 15) is 10.2 Å². The van der Waals surface area contributed by atoms with E-state index in [4.69, 9.17) is 5.11 Å². The molecule has 4 heteroatoms. The summed E-state index contributed by atoms with van der Waals surface area (Å²) in [6.07, 6.45) is 2.83. The van der Waals surface area contributed by atoms with Crippen LogP contribution in [0.15, 0.2) is 18.2 Å². The predicted molar refractivity (Wildman–Crippen MR) is 70.8 cm³/mol. The molecule has 18 heavy (non-hydrogen) atoms. The molecule has 3 N–H and O–H groups in total. The Kier molecular flexibility index (Phi) is 4.09. The van der Waals surface area contributed by atoms with Gasteiger partial charge in [-0.05, 0) is 32.3 Å². The fourth-order valence-corrected chi connectivity index (χ4v) is 2.39. The fraction of sp³-hybridized carbons (Fsp3) is 0.571. The summed E-state index contributed by atoms with van der Waals surface area (Å²) in [4.78, 5) is 2.13. The van der Waals surface area contributed by atoms with E-state index in [-0.39, 0.29) is 12.4 Å². The molecule has 100 valence electrons. The average molecular weight is 251 g/mol. The van der Waals surface area contributed by atoms with Crippen LogP contribution in [0, 0.1) is 0 Å². The van der Waals surface area contributed by atoms with E-state index in [1.165, 1.54) is 6.42 Å². The minimum absolute atomic E-state index is 0.107. The normalized spacial score (nSPS) is 17.3. The molecule has 0 aromatic heterocycles. The number of phenols is 1. The first-order valence-corrected chi connectivity index (χ1v) is 6.52. The van der Waals surface area contributed by atoms with Gasteiger partial charge in [-0.3, -0.25) is 0 Å². The van der Waals surface area contributed by atoms with E-state index in [0.29, 0.717) is 18.2 Å². The van der Waals surface area contributed by atoms with Gasteiger partial charge in [0.15, 0.2) is 0 Å². The van der Waals surface area contributed by atoms with Crippen molar-refractivity contribution in [3.8, 4) is 5.75 Å². The number of phenolic OH excluding ortho intramolecular Hbond substituents is 1. The molecule has 1 atom stereocenters. The lowest BCUT2D eigenvalue weighted by atomic mass is 9.91. The van der Waals surface area contributed by atoms with Crippen LogP contribution in [-0.2, 0) is 0 Å². The summed E-state index contributed by atoms with van der Waals surface area (Å²) < 4.78 is 0. The summed E-state index contributed by atoms with van der Waals surface area (Å²) in [5, 5.41) is 28.5. The standard InChI is InChI=1S/C14H21NO3/c1-10(17)13-6-5-12(9-14(13)18)15(7-8-16)11-3-2-4-11/h5-6,9-11,16-18H,2-4,7-8H2,1H3. The molecule has 1 unspecified atom stereocenters. The second-order valence-corrected chi connectivity index (χ2v) is 4.92. The molecular weight excluding hydrogens is 230 g/mol. The zero-order valence-corrected chi connectivity index (χ0v) is 10.7. The van der Waals surface area contributed by atoms with Crippen molar-refractivity contribution in [3.63, 3.8) is 0 Å². The molecular formula is C14H21NO3. The summed E-state index contributed by atoms with van der Waals surface area (Å²) in [6.45, 7) is 2.32. The first-order chi connectivity index (χ1) is 8.63. The maximum absolute atomic E-state index is 9.90. The maximum atomic E-state index is 9.90. The third kappa shape index (κ3) is 2.60. The van der Waals surface area contributed by atoms with Crippen molar-refractivity contribution in [3.05, 3.63) is 23.8 Å². The van der Waals surface area contributed by atoms with Gasteiger partial charge in [-0.25, -0.2) is 0 Å². The molecule has 1 saturated carbocycles. The first-order valence-electron chi connectivity index (χ1n) is 6.52. The van der Waals surface area contributed by atoms with Crippen LogP contribution in [0.2, 0.25) is 0 Å². The molecule has 1 aromatic rings. The SMILES string of the molecule is CC(O)c1ccc(N(CCO)C2CCC2)cc1O. The Morgan fingerprint density at radius 1 is 1.39 bits per heavy atom. The predicted octanol–water partition coefficient (Wildman–Crippen LogP) is 1.80. The van der Waals surface area contributed by atoms with Crippen LogP contribution < -0.4 is 4.90 Å². The Morgan fingerprint density at radius 3 is 2.56 bits per heavy atom. The molecule has 0 aliphatic heterocycles. The van der Waals surface area contributed by atoms with Crippen LogP contribution in [0.1, 0.15) is 37.9 Å². The lowest BCUT2D eigenvalue weighted by Crippen LogP contribution is -2.41. The number of anilines is 1. The van der Waals surface area contributed by atoms with Gasteiger partial charge in [-0.15, -0.1) is 0 Å². The Morgan fingerprint density at radius 2 is 2.11 bits per heavy atom. The lowest BCUT2D eigenvalue weighted by molar-refractivity contribution is 0.195. The van der Waals surface area contributed by atoms with Gasteiger partial charge in [0.25, 0.3) is 0 Å². The third-order valence-corrected chi connectivity index (χ3v) is 3.65. The second-order valence-electron chi connectivity index (χ2n) is 4.92. The van der Waals surface area contributed by atoms with Gasteiger partial charge in [0.05, 0.1) is 12.7 Å². The van der Waals surface area contributed by atoms with Crippen LogP contribution in [0.5, 0.6) is 5.75 Å². The average Bonchev–Trinajstić information content (AvgIpc) is 2.25. The van der Waals surface area contributed by atoms with Gasteiger partial charge in [-0.1, -0.05) is 6.07 Å². The zero-order valence-electron chi connectivity index (χ0n) is 10.7. The highest BCUT2D eigenvalue weighted by Crippen LogP contribution is 2.33. The molecule has 0 heterocycles. The second kappa shape index (κ2) is 5.59. The summed E-state index contributed by atoms with van der Waals surface area (Å²) >= 11 is 0. The minimum atomic E-state index is -0.672. The molecule has 0 saturated heterocycles. The van der Waals surface area contributed by atoms with Crippen molar-refractivity contribution in [1.82, 2.24) is 0 Å². The Hall–Kier alpha value is -1.26. The van der Waals surface area contributed by atoms with E-state index in [2.05, 4.69) is 4.90 Å². The van der Waals surface area contributed by atoms with Crippen molar-refractivity contribution in [1.29, 1.82) is 0 Å². The molecule has 2 rings (SSSR count). The number of nitrogens with zero attached hydrogens (tertiary/aromatic N) is 1. The monoisotopic (exact) mass is 251 g/mol.